The fraction of sp³-hybridized carbons (Fsp3) is 0.160. The van der Waals surface area contributed by atoms with Crippen LogP contribution in [0.25, 0.3) is 5.69 Å². The zero-order valence-corrected chi connectivity index (χ0v) is 20.1. The summed E-state index contributed by atoms with van der Waals surface area (Å²) in [5.74, 6) is -0.789. The number of amides is 2. The van der Waals surface area contributed by atoms with E-state index in [1.807, 2.05) is 26.0 Å². The fourth-order valence-corrected chi connectivity index (χ4v) is 3.79. The number of para-hydroxylation sites is 1. The minimum absolute atomic E-state index is 0.0562. The number of halogens is 1. The van der Waals surface area contributed by atoms with Gasteiger partial charge in [0.15, 0.2) is 0 Å². The summed E-state index contributed by atoms with van der Waals surface area (Å²) in [6.07, 6.45) is 0. The molecule has 2 heterocycles. The number of carbonyl (C=O) groups is 2. The normalized spacial score (nSPS) is 11.7. The average molecular weight is 491 g/mol. The van der Waals surface area contributed by atoms with Gasteiger partial charge in [0.05, 0.1) is 22.1 Å². The van der Waals surface area contributed by atoms with Crippen molar-refractivity contribution in [3.05, 3.63) is 99.2 Å². The second-order valence-electron chi connectivity index (χ2n) is 7.99. The van der Waals surface area contributed by atoms with Crippen LogP contribution in [0.2, 0.25) is 5.02 Å². The number of nitrogens with zero attached hydrogens (tertiary/aromatic N) is 4. The molecule has 35 heavy (non-hydrogen) atoms. The highest BCUT2D eigenvalue weighted by atomic mass is 35.5. The Morgan fingerprint density at radius 1 is 0.943 bits per heavy atom. The second kappa shape index (κ2) is 9.94. The third-order valence-corrected chi connectivity index (χ3v) is 5.62. The van der Waals surface area contributed by atoms with E-state index in [2.05, 4.69) is 20.8 Å². The van der Waals surface area contributed by atoms with Crippen molar-refractivity contribution in [2.75, 3.05) is 10.6 Å². The molecule has 0 saturated carbocycles. The third-order valence-electron chi connectivity index (χ3n) is 5.31. The molecule has 2 amide bonds. The standard InChI is InChI=1S/C25H23ClN6O3/c1-15-13-16(2)31(29-15)17(3)24(34)28-21-10-9-18(14-20(21)26)27-25(35)22-11-12-23(33)32(30-22)19-7-5-4-6-8-19/h4-14,17H,1-3H3,(H,27,35)(H,28,34). The Balaban J connectivity index is 1.47. The van der Waals surface area contributed by atoms with Gasteiger partial charge in [-0.3, -0.25) is 19.1 Å². The zero-order valence-electron chi connectivity index (χ0n) is 19.3. The van der Waals surface area contributed by atoms with Crippen LogP contribution in [0.15, 0.2) is 71.5 Å². The number of rotatable bonds is 6. The van der Waals surface area contributed by atoms with Gasteiger partial charge in [-0.25, -0.2) is 0 Å². The Kier molecular flexibility index (Phi) is 6.79. The van der Waals surface area contributed by atoms with Gasteiger partial charge in [-0.05, 0) is 63.2 Å². The molecule has 178 valence electrons. The molecule has 0 aliphatic carbocycles. The zero-order chi connectivity index (χ0) is 25.1. The summed E-state index contributed by atoms with van der Waals surface area (Å²) in [5, 5.41) is 14.3. The van der Waals surface area contributed by atoms with E-state index in [0.717, 1.165) is 16.1 Å². The molecule has 2 N–H and O–H groups in total. The van der Waals surface area contributed by atoms with E-state index >= 15 is 0 Å². The van der Waals surface area contributed by atoms with Crippen molar-refractivity contribution < 1.29 is 9.59 Å². The highest BCUT2D eigenvalue weighted by molar-refractivity contribution is 6.34. The third kappa shape index (κ3) is 5.30. The molecule has 4 rings (SSSR count). The molecule has 1 atom stereocenters. The number of hydrogen-bond acceptors (Lipinski definition) is 5. The molecule has 0 spiro atoms. The van der Waals surface area contributed by atoms with E-state index < -0.39 is 11.9 Å². The number of aryl methyl sites for hydroxylation is 2. The summed E-state index contributed by atoms with van der Waals surface area (Å²) < 4.78 is 2.81. The first-order valence-corrected chi connectivity index (χ1v) is 11.2. The Labute approximate surface area is 206 Å². The maximum atomic E-state index is 12.8. The van der Waals surface area contributed by atoms with E-state index in [-0.39, 0.29) is 22.2 Å². The Hall–Kier alpha value is -4.24. The van der Waals surface area contributed by atoms with E-state index in [0.29, 0.717) is 17.1 Å². The second-order valence-corrected chi connectivity index (χ2v) is 8.40. The molecule has 0 aliphatic heterocycles. The first-order valence-electron chi connectivity index (χ1n) is 10.8. The van der Waals surface area contributed by atoms with Gasteiger partial charge >= 0.3 is 0 Å². The van der Waals surface area contributed by atoms with Crippen molar-refractivity contribution in [2.24, 2.45) is 0 Å². The smallest absolute Gasteiger partial charge is 0.276 e. The van der Waals surface area contributed by atoms with Crippen molar-refractivity contribution >= 4 is 34.8 Å². The summed E-state index contributed by atoms with van der Waals surface area (Å²) in [7, 11) is 0. The summed E-state index contributed by atoms with van der Waals surface area (Å²) >= 11 is 6.37. The summed E-state index contributed by atoms with van der Waals surface area (Å²) in [6, 6.07) is 17.5. The lowest BCUT2D eigenvalue weighted by Crippen LogP contribution is -2.25. The molecule has 10 heteroatoms. The van der Waals surface area contributed by atoms with Gasteiger partial charge in [-0.1, -0.05) is 29.8 Å². The maximum absolute atomic E-state index is 12.8. The van der Waals surface area contributed by atoms with Gasteiger partial charge in [0, 0.05) is 17.4 Å². The number of nitrogens with one attached hydrogen (secondary N) is 2. The largest absolute Gasteiger partial charge is 0.323 e. The minimum Gasteiger partial charge on any atom is -0.323 e. The van der Waals surface area contributed by atoms with Crippen LogP contribution in [0, 0.1) is 13.8 Å². The molecule has 4 aromatic rings. The summed E-state index contributed by atoms with van der Waals surface area (Å²) in [6.45, 7) is 5.50. The van der Waals surface area contributed by atoms with Crippen molar-refractivity contribution in [3.8, 4) is 5.69 Å². The van der Waals surface area contributed by atoms with Gasteiger partial charge in [0.2, 0.25) is 5.91 Å². The quantitative estimate of drug-likeness (QED) is 0.421. The van der Waals surface area contributed by atoms with E-state index in [1.54, 1.807) is 48.0 Å². The van der Waals surface area contributed by atoms with E-state index in [9.17, 15) is 14.4 Å². The van der Waals surface area contributed by atoms with Crippen LogP contribution in [0.3, 0.4) is 0 Å². The molecule has 0 radical (unpaired) electrons. The Morgan fingerprint density at radius 2 is 1.69 bits per heavy atom. The van der Waals surface area contributed by atoms with Crippen molar-refractivity contribution in [1.82, 2.24) is 19.6 Å². The lowest BCUT2D eigenvalue weighted by molar-refractivity contribution is -0.119. The molecule has 2 aromatic heterocycles. The Bertz CT molecular complexity index is 1460. The summed E-state index contributed by atoms with van der Waals surface area (Å²) in [5.41, 5.74) is 2.76. The molecule has 0 saturated heterocycles. The molecule has 0 aliphatic rings. The van der Waals surface area contributed by atoms with E-state index in [1.165, 1.54) is 18.2 Å². The summed E-state index contributed by atoms with van der Waals surface area (Å²) in [4.78, 5) is 37.7. The average Bonchev–Trinajstić information content (AvgIpc) is 3.18. The van der Waals surface area contributed by atoms with Crippen LogP contribution >= 0.6 is 11.6 Å². The SMILES string of the molecule is Cc1cc(C)n(C(C)C(=O)Nc2ccc(NC(=O)c3ccc(=O)n(-c4ccccc4)n3)cc2Cl)n1. The predicted molar refractivity (Wildman–Crippen MR) is 134 cm³/mol. The molecule has 9 nitrogen and oxygen atoms in total. The number of aromatic nitrogens is 4. The molecule has 0 bridgehead atoms. The maximum Gasteiger partial charge on any atom is 0.276 e. The van der Waals surface area contributed by atoms with E-state index in [4.69, 9.17) is 11.6 Å². The van der Waals surface area contributed by atoms with Crippen LogP contribution in [-0.2, 0) is 4.79 Å². The van der Waals surface area contributed by atoms with Gasteiger partial charge in [0.25, 0.3) is 11.5 Å². The van der Waals surface area contributed by atoms with Crippen LogP contribution in [-0.4, -0.2) is 31.4 Å². The van der Waals surface area contributed by atoms with Gasteiger partial charge < -0.3 is 10.6 Å². The van der Waals surface area contributed by atoms with Crippen molar-refractivity contribution in [1.29, 1.82) is 0 Å². The van der Waals surface area contributed by atoms with Crippen molar-refractivity contribution in [2.45, 2.75) is 26.8 Å². The highest BCUT2D eigenvalue weighted by Gasteiger charge is 2.19. The van der Waals surface area contributed by atoms with Crippen LogP contribution < -0.4 is 16.2 Å². The molecular weight excluding hydrogens is 468 g/mol. The minimum atomic E-state index is -0.537. The first-order chi connectivity index (χ1) is 16.7. The first kappa shape index (κ1) is 23.9. The molecule has 0 fully saturated rings. The van der Waals surface area contributed by atoms with Crippen LogP contribution in [0.5, 0.6) is 0 Å². The monoisotopic (exact) mass is 490 g/mol. The lowest BCUT2D eigenvalue weighted by Gasteiger charge is -2.16. The number of anilines is 2. The Morgan fingerprint density at radius 3 is 2.34 bits per heavy atom. The van der Waals surface area contributed by atoms with Gasteiger partial charge in [-0.2, -0.15) is 14.9 Å². The molecule has 2 aromatic carbocycles. The fourth-order valence-electron chi connectivity index (χ4n) is 3.56. The number of benzene rings is 2. The van der Waals surface area contributed by atoms with Crippen LogP contribution in [0.1, 0.15) is 34.8 Å². The topological polar surface area (TPSA) is 111 Å². The molecular formula is C25H23ClN6O3. The van der Waals surface area contributed by atoms with Gasteiger partial charge in [0.1, 0.15) is 11.7 Å². The van der Waals surface area contributed by atoms with Crippen molar-refractivity contribution in [3.63, 3.8) is 0 Å². The molecule has 1 unspecified atom stereocenters. The number of hydrogen-bond donors (Lipinski definition) is 2. The lowest BCUT2D eigenvalue weighted by atomic mass is 10.2. The van der Waals surface area contributed by atoms with Gasteiger partial charge in [-0.15, -0.1) is 0 Å². The highest BCUT2D eigenvalue weighted by Crippen LogP contribution is 2.27. The predicted octanol–water partition coefficient (Wildman–Crippen LogP) is 4.15. The number of carbonyl (C=O) groups excluding carboxylic acids is 2. The van der Waals surface area contributed by atoms with Crippen LogP contribution in [0.4, 0.5) is 11.4 Å².